The Morgan fingerprint density at radius 3 is 2.50 bits per heavy atom. The molecule has 1 aliphatic heterocycles. The van der Waals surface area contributed by atoms with Crippen molar-refractivity contribution in [3.63, 3.8) is 0 Å². The minimum Gasteiger partial charge on any atom is -0.381 e. The van der Waals surface area contributed by atoms with Gasteiger partial charge in [0.15, 0.2) is 5.82 Å². The van der Waals surface area contributed by atoms with Gasteiger partial charge >= 0.3 is 0 Å². The van der Waals surface area contributed by atoms with Crippen LogP contribution in [0.5, 0.6) is 0 Å². The summed E-state index contributed by atoms with van der Waals surface area (Å²) in [6.07, 6.45) is 4.22. The molecule has 130 valence electrons. The van der Waals surface area contributed by atoms with Crippen molar-refractivity contribution in [2.45, 2.75) is 43.1 Å². The second-order valence-electron chi connectivity index (χ2n) is 6.64. The molecule has 4 rings (SSSR count). The van der Waals surface area contributed by atoms with Gasteiger partial charge in [-0.25, -0.2) is 4.39 Å². The fourth-order valence-electron chi connectivity index (χ4n) is 3.53. The van der Waals surface area contributed by atoms with Crippen molar-refractivity contribution in [2.75, 3.05) is 13.2 Å². The molecule has 0 unspecified atom stereocenters. The number of hydrogen-bond acceptors (Lipinski definition) is 5. The maximum atomic E-state index is 13.7. The van der Waals surface area contributed by atoms with Gasteiger partial charge in [0, 0.05) is 13.2 Å². The van der Waals surface area contributed by atoms with E-state index in [1.54, 1.807) is 12.1 Å². The van der Waals surface area contributed by atoms with Crippen molar-refractivity contribution >= 4 is 12.4 Å². The lowest BCUT2D eigenvalue weighted by Gasteiger charge is -2.35. The summed E-state index contributed by atoms with van der Waals surface area (Å²) in [7, 11) is 0. The third-order valence-electron chi connectivity index (χ3n) is 5.25. The lowest BCUT2D eigenvalue weighted by atomic mass is 9.73. The van der Waals surface area contributed by atoms with Crippen LogP contribution in [0.4, 0.5) is 4.39 Å². The van der Waals surface area contributed by atoms with Gasteiger partial charge in [-0.3, -0.25) is 0 Å². The molecule has 0 spiro atoms. The Bertz CT molecular complexity index is 711. The van der Waals surface area contributed by atoms with Gasteiger partial charge in [0.05, 0.1) is 11.0 Å². The molecule has 24 heavy (non-hydrogen) atoms. The predicted octanol–water partition coefficient (Wildman–Crippen LogP) is 3.06. The fraction of sp³-hybridized carbons (Fsp3) is 0.529. The highest BCUT2D eigenvalue weighted by Gasteiger charge is 2.45. The SMILES string of the molecule is Cl.NC1(c2noc(C3(c4cccc(F)c4)CCOCC3)n2)CCC1. The van der Waals surface area contributed by atoms with Gasteiger partial charge in [-0.1, -0.05) is 17.3 Å². The molecule has 2 heterocycles. The lowest BCUT2D eigenvalue weighted by Crippen LogP contribution is -2.44. The molecule has 2 fully saturated rings. The first-order valence-electron chi connectivity index (χ1n) is 8.10. The zero-order valence-corrected chi connectivity index (χ0v) is 14.2. The summed E-state index contributed by atoms with van der Waals surface area (Å²) in [4.78, 5) is 4.63. The van der Waals surface area contributed by atoms with Crippen molar-refractivity contribution in [1.29, 1.82) is 0 Å². The summed E-state index contributed by atoms with van der Waals surface area (Å²) in [6, 6.07) is 6.63. The molecular weight excluding hydrogens is 333 g/mol. The van der Waals surface area contributed by atoms with E-state index in [1.165, 1.54) is 6.07 Å². The monoisotopic (exact) mass is 353 g/mol. The van der Waals surface area contributed by atoms with Gasteiger partial charge in [-0.05, 0) is 49.8 Å². The smallest absolute Gasteiger partial charge is 0.237 e. The predicted molar refractivity (Wildman–Crippen MR) is 88.5 cm³/mol. The molecule has 2 N–H and O–H groups in total. The Kier molecular flexibility index (Phi) is 4.64. The van der Waals surface area contributed by atoms with Gasteiger partial charge in [0.1, 0.15) is 5.82 Å². The normalized spacial score (nSPS) is 21.6. The van der Waals surface area contributed by atoms with E-state index in [0.717, 1.165) is 24.8 Å². The van der Waals surface area contributed by atoms with Crippen LogP contribution in [-0.4, -0.2) is 23.4 Å². The molecule has 2 aliphatic rings. The highest BCUT2D eigenvalue weighted by atomic mass is 35.5. The quantitative estimate of drug-likeness (QED) is 0.917. The first-order chi connectivity index (χ1) is 11.1. The molecule has 1 saturated carbocycles. The average molecular weight is 354 g/mol. The highest BCUT2D eigenvalue weighted by Crippen LogP contribution is 2.43. The maximum absolute atomic E-state index is 13.7. The number of nitrogens with two attached hydrogens (primary N) is 1. The Balaban J connectivity index is 0.00000169. The molecule has 1 saturated heterocycles. The van der Waals surface area contributed by atoms with Crippen molar-refractivity contribution in [1.82, 2.24) is 10.1 Å². The minimum atomic E-state index is -0.494. The van der Waals surface area contributed by atoms with E-state index in [4.69, 9.17) is 15.0 Å². The van der Waals surface area contributed by atoms with Crippen LogP contribution >= 0.6 is 12.4 Å². The standard InChI is InChI=1S/C17H20FN3O2.ClH/c18-13-4-1-3-12(11-13)16(7-9-22-10-8-16)15-20-14(21-23-15)17(19)5-2-6-17;/h1,3-4,11H,2,5-10,19H2;1H. The van der Waals surface area contributed by atoms with E-state index in [-0.39, 0.29) is 18.2 Å². The lowest BCUT2D eigenvalue weighted by molar-refractivity contribution is 0.0522. The molecule has 1 aliphatic carbocycles. The average Bonchev–Trinajstić information content (AvgIpc) is 3.04. The first-order valence-corrected chi connectivity index (χ1v) is 8.10. The van der Waals surface area contributed by atoms with Crippen LogP contribution in [0, 0.1) is 5.82 Å². The van der Waals surface area contributed by atoms with Gasteiger partial charge in [0.25, 0.3) is 0 Å². The van der Waals surface area contributed by atoms with E-state index < -0.39 is 11.0 Å². The molecule has 5 nitrogen and oxygen atoms in total. The van der Waals surface area contributed by atoms with E-state index in [1.807, 2.05) is 6.07 Å². The molecule has 0 atom stereocenters. The van der Waals surface area contributed by atoms with Crippen LogP contribution in [0.1, 0.15) is 49.4 Å². The second kappa shape index (κ2) is 6.43. The van der Waals surface area contributed by atoms with E-state index >= 15 is 0 Å². The molecule has 0 bridgehead atoms. The number of aromatic nitrogens is 2. The number of nitrogens with zero attached hydrogens (tertiary/aromatic N) is 2. The van der Waals surface area contributed by atoms with Crippen LogP contribution in [-0.2, 0) is 15.7 Å². The summed E-state index contributed by atoms with van der Waals surface area (Å²) >= 11 is 0. The molecule has 1 aromatic carbocycles. The Morgan fingerprint density at radius 1 is 1.12 bits per heavy atom. The third-order valence-corrected chi connectivity index (χ3v) is 5.25. The topological polar surface area (TPSA) is 74.2 Å². The molecule has 7 heteroatoms. The minimum absolute atomic E-state index is 0. The van der Waals surface area contributed by atoms with Crippen LogP contribution in [0.3, 0.4) is 0 Å². The molecule has 0 radical (unpaired) electrons. The van der Waals surface area contributed by atoms with Crippen LogP contribution in [0.2, 0.25) is 0 Å². The van der Waals surface area contributed by atoms with Gasteiger partial charge < -0.3 is 15.0 Å². The Morgan fingerprint density at radius 2 is 1.88 bits per heavy atom. The summed E-state index contributed by atoms with van der Waals surface area (Å²) in [5.41, 5.74) is 6.20. The molecular formula is C17H21ClFN3O2. The molecule has 0 amide bonds. The van der Waals surface area contributed by atoms with Crippen molar-refractivity contribution < 1.29 is 13.7 Å². The van der Waals surface area contributed by atoms with Gasteiger partial charge in [-0.15, -0.1) is 12.4 Å². The van der Waals surface area contributed by atoms with E-state index in [2.05, 4.69) is 10.1 Å². The number of halogens is 2. The fourth-order valence-corrected chi connectivity index (χ4v) is 3.53. The second-order valence-corrected chi connectivity index (χ2v) is 6.64. The van der Waals surface area contributed by atoms with Gasteiger partial charge in [-0.2, -0.15) is 4.98 Å². The number of benzene rings is 1. The van der Waals surface area contributed by atoms with Crippen molar-refractivity contribution in [3.05, 3.63) is 47.4 Å². The zero-order chi connectivity index (χ0) is 15.9. The van der Waals surface area contributed by atoms with Crippen LogP contribution < -0.4 is 5.73 Å². The van der Waals surface area contributed by atoms with Gasteiger partial charge in [0.2, 0.25) is 5.89 Å². The summed E-state index contributed by atoms with van der Waals surface area (Å²) < 4.78 is 24.8. The molecule has 2 aromatic rings. The zero-order valence-electron chi connectivity index (χ0n) is 13.3. The van der Waals surface area contributed by atoms with Crippen LogP contribution in [0.15, 0.2) is 28.8 Å². The molecule has 1 aromatic heterocycles. The summed E-state index contributed by atoms with van der Waals surface area (Å²) in [6.45, 7) is 1.17. The summed E-state index contributed by atoms with van der Waals surface area (Å²) in [5, 5.41) is 4.13. The summed E-state index contributed by atoms with van der Waals surface area (Å²) in [5.74, 6) is 0.835. The number of hydrogen-bond donors (Lipinski definition) is 1. The first kappa shape index (κ1) is 17.3. The highest BCUT2D eigenvalue weighted by molar-refractivity contribution is 5.85. The maximum Gasteiger partial charge on any atom is 0.237 e. The Hall–Kier alpha value is -1.50. The van der Waals surface area contributed by atoms with Crippen LogP contribution in [0.25, 0.3) is 0 Å². The van der Waals surface area contributed by atoms with E-state index in [9.17, 15) is 4.39 Å². The van der Waals surface area contributed by atoms with Crippen molar-refractivity contribution in [3.8, 4) is 0 Å². The third kappa shape index (κ3) is 2.72. The Labute approximate surface area is 146 Å². The number of ether oxygens (including phenoxy) is 1. The largest absolute Gasteiger partial charge is 0.381 e. The number of rotatable bonds is 3. The van der Waals surface area contributed by atoms with Crippen molar-refractivity contribution in [2.24, 2.45) is 5.73 Å². The van der Waals surface area contributed by atoms with E-state index in [0.29, 0.717) is 37.8 Å².